The summed E-state index contributed by atoms with van der Waals surface area (Å²) in [5, 5.41) is 7.06. The van der Waals surface area contributed by atoms with E-state index in [1.165, 1.54) is 29.8 Å². The van der Waals surface area contributed by atoms with Crippen molar-refractivity contribution in [1.29, 1.82) is 0 Å². The normalized spacial score (nSPS) is 15.7. The molecule has 3 aromatic carbocycles. The first kappa shape index (κ1) is 21.4. The van der Waals surface area contributed by atoms with Crippen molar-refractivity contribution in [2.45, 2.75) is 31.6 Å². The molecule has 1 aliphatic rings. The molecular formula is C26H24FN3O2. The van der Waals surface area contributed by atoms with Crippen LogP contribution >= 0.6 is 0 Å². The number of benzene rings is 3. The maximum Gasteiger partial charge on any atom is 0.273 e. The van der Waals surface area contributed by atoms with E-state index < -0.39 is 17.6 Å². The molecule has 5 nitrogen and oxygen atoms in total. The van der Waals surface area contributed by atoms with Gasteiger partial charge in [-0.1, -0.05) is 42.5 Å². The van der Waals surface area contributed by atoms with E-state index in [0.29, 0.717) is 22.7 Å². The third-order valence-electron chi connectivity index (χ3n) is 5.68. The van der Waals surface area contributed by atoms with E-state index in [-0.39, 0.29) is 0 Å². The van der Waals surface area contributed by atoms with Crippen LogP contribution in [0.3, 0.4) is 0 Å². The van der Waals surface area contributed by atoms with E-state index in [4.69, 9.17) is 0 Å². The highest BCUT2D eigenvalue weighted by Crippen LogP contribution is 2.31. The highest BCUT2D eigenvalue weighted by molar-refractivity contribution is 6.09. The zero-order valence-electron chi connectivity index (χ0n) is 17.6. The summed E-state index contributed by atoms with van der Waals surface area (Å²) in [7, 11) is 0. The second-order valence-electron chi connectivity index (χ2n) is 7.81. The Morgan fingerprint density at radius 2 is 1.47 bits per heavy atom. The van der Waals surface area contributed by atoms with Crippen LogP contribution in [0.4, 0.5) is 10.1 Å². The SMILES string of the molecule is O=C(Nc1ccccc1C(=O)NN=C1CCC(c2ccccc2)CC1)c1ccc(F)cc1. The van der Waals surface area contributed by atoms with E-state index in [0.717, 1.165) is 31.4 Å². The van der Waals surface area contributed by atoms with Gasteiger partial charge < -0.3 is 5.32 Å². The van der Waals surface area contributed by atoms with Gasteiger partial charge >= 0.3 is 0 Å². The second-order valence-corrected chi connectivity index (χ2v) is 7.81. The molecule has 1 aliphatic carbocycles. The predicted molar refractivity (Wildman–Crippen MR) is 123 cm³/mol. The molecule has 3 aromatic rings. The summed E-state index contributed by atoms with van der Waals surface area (Å²) in [4.78, 5) is 25.2. The minimum Gasteiger partial charge on any atom is -0.321 e. The van der Waals surface area contributed by atoms with Crippen LogP contribution in [0.2, 0.25) is 0 Å². The number of hydrogen-bond acceptors (Lipinski definition) is 3. The Kier molecular flexibility index (Phi) is 6.70. The van der Waals surface area contributed by atoms with Crippen LogP contribution in [-0.2, 0) is 0 Å². The first-order valence-corrected chi connectivity index (χ1v) is 10.7. The van der Waals surface area contributed by atoms with Crippen molar-refractivity contribution in [3.05, 3.63) is 101 Å². The topological polar surface area (TPSA) is 70.6 Å². The van der Waals surface area contributed by atoms with Gasteiger partial charge in [-0.2, -0.15) is 5.10 Å². The summed E-state index contributed by atoms with van der Waals surface area (Å²) in [6.45, 7) is 0. The molecule has 0 heterocycles. The minimum atomic E-state index is -0.421. The average Bonchev–Trinajstić information content (AvgIpc) is 2.84. The second kappa shape index (κ2) is 10.0. The fourth-order valence-electron chi connectivity index (χ4n) is 3.90. The van der Waals surface area contributed by atoms with Crippen molar-refractivity contribution >= 4 is 23.2 Å². The van der Waals surface area contributed by atoms with Gasteiger partial charge in [-0.05, 0) is 73.6 Å². The molecule has 4 rings (SSSR count). The van der Waals surface area contributed by atoms with Gasteiger partial charge in [0.15, 0.2) is 0 Å². The molecule has 162 valence electrons. The van der Waals surface area contributed by atoms with Gasteiger partial charge in [0, 0.05) is 11.3 Å². The number of anilines is 1. The van der Waals surface area contributed by atoms with Crippen LogP contribution in [0.1, 0.15) is 57.9 Å². The van der Waals surface area contributed by atoms with Gasteiger partial charge in [-0.15, -0.1) is 0 Å². The third-order valence-corrected chi connectivity index (χ3v) is 5.68. The molecule has 0 atom stereocenters. The number of para-hydroxylation sites is 1. The predicted octanol–water partition coefficient (Wildman–Crippen LogP) is 5.52. The van der Waals surface area contributed by atoms with Gasteiger partial charge in [0.25, 0.3) is 11.8 Å². The third kappa shape index (κ3) is 5.27. The van der Waals surface area contributed by atoms with E-state index in [9.17, 15) is 14.0 Å². The maximum absolute atomic E-state index is 13.1. The fourth-order valence-corrected chi connectivity index (χ4v) is 3.90. The number of nitrogens with zero attached hydrogens (tertiary/aromatic N) is 1. The Morgan fingerprint density at radius 1 is 0.812 bits per heavy atom. The number of carbonyl (C=O) groups excluding carboxylic acids is 2. The zero-order chi connectivity index (χ0) is 22.3. The lowest BCUT2D eigenvalue weighted by Crippen LogP contribution is -2.23. The van der Waals surface area contributed by atoms with Crippen LogP contribution < -0.4 is 10.7 Å². The zero-order valence-corrected chi connectivity index (χ0v) is 17.6. The Bertz CT molecular complexity index is 1120. The number of halogens is 1. The summed E-state index contributed by atoms with van der Waals surface area (Å²) >= 11 is 0. The monoisotopic (exact) mass is 429 g/mol. The van der Waals surface area contributed by atoms with Gasteiger partial charge in [0.2, 0.25) is 0 Å². The van der Waals surface area contributed by atoms with Crippen LogP contribution in [0, 0.1) is 5.82 Å². The summed E-state index contributed by atoms with van der Waals surface area (Å²) in [6.07, 6.45) is 3.68. The average molecular weight is 429 g/mol. The molecule has 0 radical (unpaired) electrons. The molecule has 6 heteroatoms. The Balaban J connectivity index is 1.38. The Morgan fingerprint density at radius 3 is 2.19 bits per heavy atom. The number of rotatable bonds is 5. The Hall–Kier alpha value is -3.80. The molecule has 2 amide bonds. The summed E-state index contributed by atoms with van der Waals surface area (Å²) < 4.78 is 13.1. The van der Waals surface area contributed by atoms with Crippen molar-refractivity contribution < 1.29 is 14.0 Å². The highest BCUT2D eigenvalue weighted by Gasteiger charge is 2.20. The largest absolute Gasteiger partial charge is 0.321 e. The highest BCUT2D eigenvalue weighted by atomic mass is 19.1. The lowest BCUT2D eigenvalue weighted by atomic mass is 9.83. The molecule has 0 saturated heterocycles. The van der Waals surface area contributed by atoms with Crippen molar-refractivity contribution in [3.63, 3.8) is 0 Å². The summed E-state index contributed by atoms with van der Waals surface area (Å²) in [5.74, 6) is -0.708. The standard InChI is InChI=1S/C26H24FN3O2/c27-21-14-10-20(11-15-21)25(31)28-24-9-5-4-8-23(24)26(32)30-29-22-16-12-19(13-17-22)18-6-2-1-3-7-18/h1-11,14-15,19H,12-13,16-17H2,(H,28,31)(H,30,32). The van der Waals surface area contributed by atoms with E-state index in [1.54, 1.807) is 24.3 Å². The van der Waals surface area contributed by atoms with Gasteiger partial charge in [-0.3, -0.25) is 9.59 Å². The lowest BCUT2D eigenvalue weighted by molar-refractivity contribution is 0.0955. The molecule has 1 fully saturated rings. The number of hydrogen-bond donors (Lipinski definition) is 2. The van der Waals surface area contributed by atoms with Gasteiger partial charge in [0.05, 0.1) is 11.3 Å². The van der Waals surface area contributed by atoms with Crippen molar-refractivity contribution in [3.8, 4) is 0 Å². The van der Waals surface area contributed by atoms with Crippen molar-refractivity contribution in [2.75, 3.05) is 5.32 Å². The molecule has 0 bridgehead atoms. The number of nitrogens with one attached hydrogen (secondary N) is 2. The molecule has 0 aliphatic heterocycles. The molecule has 1 saturated carbocycles. The molecular weight excluding hydrogens is 405 g/mol. The smallest absolute Gasteiger partial charge is 0.273 e. The molecule has 32 heavy (non-hydrogen) atoms. The van der Waals surface area contributed by atoms with Gasteiger partial charge in [0.1, 0.15) is 5.82 Å². The number of hydrazone groups is 1. The van der Waals surface area contributed by atoms with E-state index >= 15 is 0 Å². The van der Waals surface area contributed by atoms with Crippen LogP contribution in [0.15, 0.2) is 84.0 Å². The fraction of sp³-hybridized carbons (Fsp3) is 0.192. The Labute approximate surface area is 186 Å². The molecule has 2 N–H and O–H groups in total. The van der Waals surface area contributed by atoms with Crippen LogP contribution in [0.25, 0.3) is 0 Å². The number of carbonyl (C=O) groups is 2. The molecule has 0 spiro atoms. The summed E-state index contributed by atoms with van der Waals surface area (Å²) in [6, 6.07) is 22.4. The lowest BCUT2D eigenvalue weighted by Gasteiger charge is -2.23. The van der Waals surface area contributed by atoms with E-state index in [2.05, 4.69) is 40.1 Å². The molecule has 0 unspecified atom stereocenters. The van der Waals surface area contributed by atoms with Crippen LogP contribution in [-0.4, -0.2) is 17.5 Å². The quantitative estimate of drug-likeness (QED) is 0.524. The first-order valence-electron chi connectivity index (χ1n) is 10.7. The summed E-state index contributed by atoms with van der Waals surface area (Å²) in [5.41, 5.74) is 5.93. The van der Waals surface area contributed by atoms with Crippen LogP contribution in [0.5, 0.6) is 0 Å². The minimum absolute atomic E-state index is 0.303. The first-order chi connectivity index (χ1) is 15.6. The van der Waals surface area contributed by atoms with Crippen molar-refractivity contribution in [2.24, 2.45) is 5.10 Å². The van der Waals surface area contributed by atoms with Gasteiger partial charge in [-0.25, -0.2) is 9.82 Å². The van der Waals surface area contributed by atoms with E-state index in [1.807, 2.05) is 6.07 Å². The maximum atomic E-state index is 13.1. The molecule has 0 aromatic heterocycles. The number of amides is 2. The van der Waals surface area contributed by atoms with Crippen molar-refractivity contribution in [1.82, 2.24) is 5.43 Å².